The molecule has 1 aromatic heterocycles. The summed E-state index contributed by atoms with van der Waals surface area (Å²) in [5.41, 5.74) is 1.61. The average molecular weight is 343 g/mol. The zero-order valence-corrected chi connectivity index (χ0v) is 14.5. The number of hydrogen-bond acceptors (Lipinski definition) is 4. The maximum absolute atomic E-state index is 12.7. The summed E-state index contributed by atoms with van der Waals surface area (Å²) in [6, 6.07) is 13.3. The lowest BCUT2D eigenvalue weighted by molar-refractivity contribution is 0.0746. The molecule has 1 aliphatic heterocycles. The summed E-state index contributed by atoms with van der Waals surface area (Å²) < 4.78 is 11.4. The van der Waals surface area contributed by atoms with E-state index in [0.717, 1.165) is 24.5 Å². The second kappa shape index (κ2) is 7.57. The molecular weight excluding hydrogens is 322 g/mol. The predicted molar refractivity (Wildman–Crippen MR) is 96.6 cm³/mol. The molecule has 5 nitrogen and oxygen atoms in total. The molecule has 1 atom stereocenters. The standard InChI is InChI=1S/C18H21N3O2S/c1-24(23)14-15-5-4-6-16(13-15)18(22)21-11-9-20(10-12-21)17-7-2-3-8-19-17/h2-8,13H,9-12,14H2,1H3. The number of carbonyl (C=O) groups excluding carboxylic acids is 1. The normalized spacial score (nSPS) is 16.0. The zero-order valence-electron chi connectivity index (χ0n) is 13.7. The van der Waals surface area contributed by atoms with Gasteiger partial charge in [0.25, 0.3) is 5.91 Å². The molecular formula is C18H21N3O2S. The predicted octanol–water partition coefficient (Wildman–Crippen LogP) is 1.92. The van der Waals surface area contributed by atoms with Crippen molar-refractivity contribution in [3.05, 3.63) is 59.8 Å². The molecule has 0 bridgehead atoms. The Morgan fingerprint density at radius 2 is 1.92 bits per heavy atom. The van der Waals surface area contributed by atoms with Crippen LogP contribution in [0.5, 0.6) is 0 Å². The van der Waals surface area contributed by atoms with E-state index < -0.39 is 10.8 Å². The first-order valence-electron chi connectivity index (χ1n) is 7.98. The molecule has 1 unspecified atom stereocenters. The Kier molecular flexibility index (Phi) is 5.25. The van der Waals surface area contributed by atoms with Crippen molar-refractivity contribution in [2.24, 2.45) is 0 Å². The summed E-state index contributed by atoms with van der Waals surface area (Å²) in [6.07, 6.45) is 3.46. The van der Waals surface area contributed by atoms with E-state index in [0.29, 0.717) is 24.4 Å². The fourth-order valence-corrected chi connectivity index (χ4v) is 3.54. The van der Waals surface area contributed by atoms with Gasteiger partial charge in [-0.2, -0.15) is 0 Å². The number of benzene rings is 1. The number of piperazine rings is 1. The third-order valence-corrected chi connectivity index (χ3v) is 4.82. The smallest absolute Gasteiger partial charge is 0.253 e. The molecule has 1 amide bonds. The van der Waals surface area contributed by atoms with E-state index in [1.165, 1.54) is 0 Å². The molecule has 1 saturated heterocycles. The van der Waals surface area contributed by atoms with Crippen LogP contribution in [0.1, 0.15) is 15.9 Å². The number of hydrogen-bond donors (Lipinski definition) is 0. The van der Waals surface area contributed by atoms with Crippen molar-refractivity contribution in [2.75, 3.05) is 37.3 Å². The second-order valence-electron chi connectivity index (χ2n) is 5.89. The second-order valence-corrected chi connectivity index (χ2v) is 7.32. The van der Waals surface area contributed by atoms with Gasteiger partial charge in [0.1, 0.15) is 5.82 Å². The fourth-order valence-electron chi connectivity index (χ4n) is 2.89. The number of carbonyl (C=O) groups is 1. The molecule has 0 aliphatic carbocycles. The van der Waals surface area contributed by atoms with Gasteiger partial charge in [-0.3, -0.25) is 9.00 Å². The molecule has 1 aromatic carbocycles. The number of pyridine rings is 1. The SMILES string of the molecule is CS(=O)Cc1cccc(C(=O)N2CCN(c3ccccn3)CC2)c1. The molecule has 0 saturated carbocycles. The molecule has 1 aliphatic rings. The highest BCUT2D eigenvalue weighted by Crippen LogP contribution is 2.15. The molecule has 0 spiro atoms. The summed E-state index contributed by atoms with van der Waals surface area (Å²) >= 11 is 0. The lowest BCUT2D eigenvalue weighted by Gasteiger charge is -2.35. The van der Waals surface area contributed by atoms with Gasteiger partial charge < -0.3 is 9.80 Å². The number of rotatable bonds is 4. The summed E-state index contributed by atoms with van der Waals surface area (Å²) in [7, 11) is -0.907. The Balaban J connectivity index is 1.64. The summed E-state index contributed by atoms with van der Waals surface area (Å²) in [4.78, 5) is 21.1. The number of nitrogens with zero attached hydrogens (tertiary/aromatic N) is 3. The topological polar surface area (TPSA) is 53.5 Å². The van der Waals surface area contributed by atoms with Crippen LogP contribution < -0.4 is 4.90 Å². The maximum Gasteiger partial charge on any atom is 0.253 e. The van der Waals surface area contributed by atoms with E-state index in [1.54, 1.807) is 12.5 Å². The van der Waals surface area contributed by atoms with Crippen molar-refractivity contribution in [1.82, 2.24) is 9.88 Å². The van der Waals surface area contributed by atoms with E-state index in [2.05, 4.69) is 9.88 Å². The van der Waals surface area contributed by atoms with E-state index >= 15 is 0 Å². The van der Waals surface area contributed by atoms with Gasteiger partial charge in [-0.15, -0.1) is 0 Å². The molecule has 1 fully saturated rings. The Morgan fingerprint density at radius 3 is 2.58 bits per heavy atom. The van der Waals surface area contributed by atoms with Crippen molar-refractivity contribution < 1.29 is 9.00 Å². The quantitative estimate of drug-likeness (QED) is 0.851. The first kappa shape index (κ1) is 16.6. The minimum absolute atomic E-state index is 0.0411. The van der Waals surface area contributed by atoms with Gasteiger partial charge in [-0.1, -0.05) is 18.2 Å². The van der Waals surface area contributed by atoms with Crippen molar-refractivity contribution >= 4 is 22.5 Å². The average Bonchev–Trinajstić information content (AvgIpc) is 2.62. The minimum Gasteiger partial charge on any atom is -0.353 e. The number of anilines is 1. The summed E-state index contributed by atoms with van der Waals surface area (Å²) in [5, 5.41) is 0. The lowest BCUT2D eigenvalue weighted by atomic mass is 10.1. The van der Waals surface area contributed by atoms with Crippen LogP contribution in [0.25, 0.3) is 0 Å². The monoisotopic (exact) mass is 343 g/mol. The molecule has 0 radical (unpaired) electrons. The van der Waals surface area contributed by atoms with Crippen molar-refractivity contribution in [1.29, 1.82) is 0 Å². The van der Waals surface area contributed by atoms with Crippen LogP contribution in [0.4, 0.5) is 5.82 Å². The van der Waals surface area contributed by atoms with Gasteiger partial charge in [0.2, 0.25) is 0 Å². The Hall–Kier alpha value is -2.21. The fraction of sp³-hybridized carbons (Fsp3) is 0.333. The van der Waals surface area contributed by atoms with Crippen LogP contribution in [0.15, 0.2) is 48.7 Å². The third-order valence-electron chi connectivity index (χ3n) is 4.08. The van der Waals surface area contributed by atoms with Crippen LogP contribution >= 0.6 is 0 Å². The molecule has 2 heterocycles. The van der Waals surface area contributed by atoms with E-state index in [4.69, 9.17) is 0 Å². The van der Waals surface area contributed by atoms with Gasteiger partial charge in [0.15, 0.2) is 0 Å². The first-order chi connectivity index (χ1) is 11.6. The first-order valence-corrected chi connectivity index (χ1v) is 9.70. The van der Waals surface area contributed by atoms with Crippen LogP contribution in [0.3, 0.4) is 0 Å². The van der Waals surface area contributed by atoms with Crippen LogP contribution in [-0.4, -0.2) is 52.4 Å². The maximum atomic E-state index is 12.7. The van der Waals surface area contributed by atoms with Crippen LogP contribution in [0.2, 0.25) is 0 Å². The van der Waals surface area contributed by atoms with Crippen LogP contribution in [-0.2, 0) is 16.6 Å². The Bertz CT molecular complexity index is 728. The lowest BCUT2D eigenvalue weighted by Crippen LogP contribution is -2.49. The zero-order chi connectivity index (χ0) is 16.9. The van der Waals surface area contributed by atoms with Crippen molar-refractivity contribution in [2.45, 2.75) is 5.75 Å². The molecule has 2 aromatic rings. The van der Waals surface area contributed by atoms with Crippen molar-refractivity contribution in [3.8, 4) is 0 Å². The number of aromatic nitrogens is 1. The van der Waals surface area contributed by atoms with E-state index in [-0.39, 0.29) is 5.91 Å². The molecule has 126 valence electrons. The van der Waals surface area contributed by atoms with E-state index in [9.17, 15) is 9.00 Å². The molecule has 0 N–H and O–H groups in total. The van der Waals surface area contributed by atoms with Gasteiger partial charge in [0.05, 0.1) is 0 Å². The highest BCUT2D eigenvalue weighted by molar-refractivity contribution is 7.83. The third kappa shape index (κ3) is 4.00. The van der Waals surface area contributed by atoms with Crippen LogP contribution in [0, 0.1) is 0 Å². The molecule has 24 heavy (non-hydrogen) atoms. The van der Waals surface area contributed by atoms with Gasteiger partial charge in [-0.25, -0.2) is 4.98 Å². The van der Waals surface area contributed by atoms with Gasteiger partial charge >= 0.3 is 0 Å². The molecule has 3 rings (SSSR count). The number of amides is 1. The van der Waals surface area contributed by atoms with Gasteiger partial charge in [0, 0.05) is 60.7 Å². The highest BCUT2D eigenvalue weighted by Gasteiger charge is 2.22. The highest BCUT2D eigenvalue weighted by atomic mass is 32.2. The van der Waals surface area contributed by atoms with Crippen molar-refractivity contribution in [3.63, 3.8) is 0 Å². The van der Waals surface area contributed by atoms with Gasteiger partial charge in [-0.05, 0) is 29.8 Å². The summed E-state index contributed by atoms with van der Waals surface area (Å²) in [6.45, 7) is 2.92. The summed E-state index contributed by atoms with van der Waals surface area (Å²) in [5.74, 6) is 1.48. The minimum atomic E-state index is -0.907. The van der Waals surface area contributed by atoms with E-state index in [1.807, 2.05) is 47.4 Å². The molecule has 6 heteroatoms. The Morgan fingerprint density at radius 1 is 1.12 bits per heavy atom. The largest absolute Gasteiger partial charge is 0.353 e. The Labute approximate surface area is 144 Å².